The molecule has 1 N–H and O–H groups in total. The maximum Gasteiger partial charge on any atom is 0.0662 e. The molecule has 0 heterocycles. The molecule has 2 heteroatoms. The van der Waals surface area contributed by atoms with Crippen LogP contribution in [0, 0.1) is 11.3 Å². The van der Waals surface area contributed by atoms with Crippen LogP contribution in [0.3, 0.4) is 0 Å². The quantitative estimate of drug-likeness (QED) is 0.740. The van der Waals surface area contributed by atoms with Crippen LogP contribution in [-0.4, -0.2) is 24.8 Å². The Morgan fingerprint density at radius 3 is 2.60 bits per heavy atom. The number of hydrogen-bond acceptors (Lipinski definition) is 2. The van der Waals surface area contributed by atoms with Gasteiger partial charge in [-0.15, -0.1) is 0 Å². The van der Waals surface area contributed by atoms with Crippen molar-refractivity contribution < 1.29 is 4.74 Å². The van der Waals surface area contributed by atoms with Gasteiger partial charge in [0.2, 0.25) is 0 Å². The fourth-order valence-electron chi connectivity index (χ4n) is 4.10. The summed E-state index contributed by atoms with van der Waals surface area (Å²) in [7, 11) is 0. The van der Waals surface area contributed by atoms with E-state index in [1.807, 2.05) is 0 Å². The molecule has 0 aromatic carbocycles. The van der Waals surface area contributed by atoms with Crippen molar-refractivity contribution in [3.63, 3.8) is 0 Å². The molecule has 0 aromatic heterocycles. The van der Waals surface area contributed by atoms with Crippen molar-refractivity contribution >= 4 is 0 Å². The predicted molar refractivity (Wildman–Crippen MR) is 86.0 cm³/mol. The first kappa shape index (κ1) is 16.3. The van der Waals surface area contributed by atoms with E-state index in [9.17, 15) is 0 Å². The molecule has 118 valence electrons. The highest BCUT2D eigenvalue weighted by atomic mass is 16.5. The van der Waals surface area contributed by atoms with Gasteiger partial charge < -0.3 is 10.1 Å². The van der Waals surface area contributed by atoms with Crippen LogP contribution in [0.5, 0.6) is 0 Å². The fraction of sp³-hybridized carbons (Fsp3) is 1.00. The smallest absolute Gasteiger partial charge is 0.0662 e. The van der Waals surface area contributed by atoms with Crippen LogP contribution in [0.15, 0.2) is 0 Å². The molecule has 2 rings (SSSR count). The van der Waals surface area contributed by atoms with Gasteiger partial charge >= 0.3 is 0 Å². The van der Waals surface area contributed by atoms with Gasteiger partial charge in [-0.05, 0) is 44.6 Å². The minimum Gasteiger partial charge on any atom is -0.374 e. The first-order valence-electron chi connectivity index (χ1n) is 9.02. The van der Waals surface area contributed by atoms with E-state index in [1.54, 1.807) is 0 Å². The third-order valence-electron chi connectivity index (χ3n) is 6.05. The van der Waals surface area contributed by atoms with Crippen LogP contribution in [0.1, 0.15) is 79.1 Å². The van der Waals surface area contributed by atoms with Gasteiger partial charge in [-0.2, -0.15) is 0 Å². The number of nitrogens with one attached hydrogen (secondary N) is 1. The summed E-state index contributed by atoms with van der Waals surface area (Å²) < 4.78 is 6.54. The Kier molecular flexibility index (Phi) is 5.92. The van der Waals surface area contributed by atoms with Gasteiger partial charge in [0.1, 0.15) is 0 Å². The average molecular weight is 281 g/mol. The molecule has 0 bridgehead atoms. The molecule has 20 heavy (non-hydrogen) atoms. The van der Waals surface area contributed by atoms with Gasteiger partial charge in [0.15, 0.2) is 0 Å². The highest BCUT2D eigenvalue weighted by molar-refractivity contribution is 5.05. The summed E-state index contributed by atoms with van der Waals surface area (Å²) in [5, 5.41) is 3.72. The first-order valence-corrected chi connectivity index (χ1v) is 9.02. The molecular formula is C18H35NO. The van der Waals surface area contributed by atoms with E-state index >= 15 is 0 Å². The standard InChI is InChI=1S/C18H35NO/c1-5-11-19-16-13-17(18(16,4)7-3)20-15-10-8-9-14(6-2)12-15/h14-17,19H,5-13H2,1-4H3. The molecule has 0 aliphatic heterocycles. The summed E-state index contributed by atoms with van der Waals surface area (Å²) in [4.78, 5) is 0. The maximum atomic E-state index is 6.54. The number of hydrogen-bond donors (Lipinski definition) is 1. The Bertz CT molecular complexity index is 293. The molecule has 0 amide bonds. The van der Waals surface area contributed by atoms with E-state index in [4.69, 9.17) is 4.74 Å². The Balaban J connectivity index is 1.84. The minimum atomic E-state index is 0.355. The van der Waals surface area contributed by atoms with Crippen LogP contribution >= 0.6 is 0 Å². The van der Waals surface area contributed by atoms with Gasteiger partial charge in [0.25, 0.3) is 0 Å². The first-order chi connectivity index (χ1) is 9.63. The molecule has 2 saturated carbocycles. The normalized spacial score (nSPS) is 41.4. The summed E-state index contributed by atoms with van der Waals surface area (Å²) >= 11 is 0. The van der Waals surface area contributed by atoms with Gasteiger partial charge in [0, 0.05) is 11.5 Å². The molecule has 0 aromatic rings. The Morgan fingerprint density at radius 2 is 1.95 bits per heavy atom. The van der Waals surface area contributed by atoms with Gasteiger partial charge in [-0.1, -0.05) is 47.0 Å². The Hall–Kier alpha value is -0.0800. The largest absolute Gasteiger partial charge is 0.374 e. The van der Waals surface area contributed by atoms with Crippen molar-refractivity contribution in [2.45, 2.75) is 97.3 Å². The van der Waals surface area contributed by atoms with Gasteiger partial charge in [-0.25, -0.2) is 0 Å². The second-order valence-corrected chi connectivity index (χ2v) is 7.29. The zero-order chi connectivity index (χ0) is 14.6. The third-order valence-corrected chi connectivity index (χ3v) is 6.05. The van der Waals surface area contributed by atoms with E-state index in [1.165, 1.54) is 51.4 Å². The highest BCUT2D eigenvalue weighted by Crippen LogP contribution is 2.47. The van der Waals surface area contributed by atoms with Crippen molar-refractivity contribution in [2.75, 3.05) is 6.54 Å². The molecule has 0 saturated heterocycles. The number of rotatable bonds is 7. The molecule has 2 fully saturated rings. The second-order valence-electron chi connectivity index (χ2n) is 7.29. The Labute approximate surface area is 126 Å². The summed E-state index contributed by atoms with van der Waals surface area (Å²) in [6.07, 6.45) is 11.4. The summed E-state index contributed by atoms with van der Waals surface area (Å²) in [6, 6.07) is 0.669. The van der Waals surface area contributed by atoms with E-state index in [0.29, 0.717) is 23.7 Å². The van der Waals surface area contributed by atoms with Crippen molar-refractivity contribution in [1.29, 1.82) is 0 Å². The monoisotopic (exact) mass is 281 g/mol. The highest BCUT2D eigenvalue weighted by Gasteiger charge is 2.51. The van der Waals surface area contributed by atoms with E-state index in [0.717, 1.165) is 12.5 Å². The SMILES string of the molecule is CCCNC1CC(OC2CCCC(CC)C2)C1(C)CC. The topological polar surface area (TPSA) is 21.3 Å². The van der Waals surface area contributed by atoms with Gasteiger partial charge in [-0.3, -0.25) is 0 Å². The maximum absolute atomic E-state index is 6.54. The molecular weight excluding hydrogens is 246 g/mol. The lowest BCUT2D eigenvalue weighted by atomic mass is 9.61. The molecule has 0 radical (unpaired) electrons. The van der Waals surface area contributed by atoms with Crippen LogP contribution in [0.25, 0.3) is 0 Å². The van der Waals surface area contributed by atoms with Crippen LogP contribution < -0.4 is 5.32 Å². The zero-order valence-corrected chi connectivity index (χ0v) is 14.1. The third kappa shape index (κ3) is 3.39. The second kappa shape index (κ2) is 7.26. The summed E-state index contributed by atoms with van der Waals surface area (Å²) in [5.41, 5.74) is 0.355. The fourth-order valence-corrected chi connectivity index (χ4v) is 4.10. The minimum absolute atomic E-state index is 0.355. The molecule has 0 spiro atoms. The van der Waals surface area contributed by atoms with Crippen molar-refractivity contribution in [3.8, 4) is 0 Å². The lowest BCUT2D eigenvalue weighted by molar-refractivity contribution is -0.166. The average Bonchev–Trinajstić information content (AvgIpc) is 2.49. The van der Waals surface area contributed by atoms with Crippen LogP contribution in [-0.2, 0) is 4.74 Å². The van der Waals surface area contributed by atoms with Crippen LogP contribution in [0.4, 0.5) is 0 Å². The van der Waals surface area contributed by atoms with Crippen LogP contribution in [0.2, 0.25) is 0 Å². The van der Waals surface area contributed by atoms with E-state index in [2.05, 4.69) is 33.0 Å². The lowest BCUT2D eigenvalue weighted by Crippen LogP contribution is -2.63. The molecule has 2 nitrogen and oxygen atoms in total. The molecule has 2 aliphatic carbocycles. The van der Waals surface area contributed by atoms with Crippen molar-refractivity contribution in [1.82, 2.24) is 5.32 Å². The van der Waals surface area contributed by atoms with Gasteiger partial charge in [0.05, 0.1) is 12.2 Å². The Morgan fingerprint density at radius 1 is 1.15 bits per heavy atom. The summed E-state index contributed by atoms with van der Waals surface area (Å²) in [6.45, 7) is 10.5. The predicted octanol–water partition coefficient (Wildman–Crippen LogP) is 4.53. The van der Waals surface area contributed by atoms with E-state index < -0.39 is 0 Å². The lowest BCUT2D eigenvalue weighted by Gasteiger charge is -2.55. The number of ether oxygens (including phenoxy) is 1. The molecule has 5 atom stereocenters. The molecule has 5 unspecified atom stereocenters. The van der Waals surface area contributed by atoms with E-state index in [-0.39, 0.29) is 0 Å². The molecule has 2 aliphatic rings. The summed E-state index contributed by atoms with van der Waals surface area (Å²) in [5.74, 6) is 0.913. The van der Waals surface area contributed by atoms with Crippen molar-refractivity contribution in [3.05, 3.63) is 0 Å². The zero-order valence-electron chi connectivity index (χ0n) is 14.1. The van der Waals surface area contributed by atoms with Crippen molar-refractivity contribution in [2.24, 2.45) is 11.3 Å².